The fraction of sp³-hybridized carbons (Fsp3) is 0.296. The molecule has 0 spiro atoms. The molecule has 0 bridgehead atoms. The summed E-state index contributed by atoms with van der Waals surface area (Å²) in [6, 6.07) is 15.6. The van der Waals surface area contributed by atoms with E-state index < -0.39 is 6.03 Å². The van der Waals surface area contributed by atoms with Gasteiger partial charge in [0.15, 0.2) is 5.65 Å². The van der Waals surface area contributed by atoms with Gasteiger partial charge in [-0.1, -0.05) is 12.1 Å². The number of nitrogens with one attached hydrogen (secondary N) is 3. The molecular formula is C27H28N8O3. The zero-order chi connectivity index (χ0) is 26.1. The number of hydrogen-bond donors (Lipinski definition) is 3. The number of methoxy groups -OCH3 is 1. The highest BCUT2D eigenvalue weighted by Crippen LogP contribution is 2.28. The number of rotatable bonds is 8. The quantitative estimate of drug-likeness (QED) is 0.307. The fourth-order valence-corrected chi connectivity index (χ4v) is 5.05. The Morgan fingerprint density at radius 1 is 1.03 bits per heavy atom. The van der Waals surface area contributed by atoms with Gasteiger partial charge in [-0.2, -0.15) is 0 Å². The molecule has 0 radical (unpaired) electrons. The van der Waals surface area contributed by atoms with Crippen LogP contribution in [0.2, 0.25) is 0 Å². The normalized spacial score (nSPS) is 19.1. The highest BCUT2D eigenvalue weighted by Gasteiger charge is 2.29. The van der Waals surface area contributed by atoms with Crippen molar-refractivity contribution in [1.82, 2.24) is 24.8 Å². The second kappa shape index (κ2) is 10.0. The average Bonchev–Trinajstić information content (AvgIpc) is 3.62. The molecule has 11 heteroatoms. The number of benzene rings is 1. The van der Waals surface area contributed by atoms with Gasteiger partial charge in [0, 0.05) is 18.3 Å². The van der Waals surface area contributed by atoms with Crippen molar-refractivity contribution in [3.8, 4) is 5.75 Å². The van der Waals surface area contributed by atoms with Crippen LogP contribution in [0.5, 0.6) is 5.75 Å². The lowest BCUT2D eigenvalue weighted by Gasteiger charge is -2.17. The van der Waals surface area contributed by atoms with Gasteiger partial charge in [-0.15, -0.1) is 0 Å². The van der Waals surface area contributed by atoms with Crippen LogP contribution < -0.4 is 25.6 Å². The SMILES string of the molecule is COc1ccc(Cn2c(N[C@H]3CC[C@H](Nc4ccc(N5CC(=O)NC5=O)cn4)C3)nc3cccnc32)cc1. The minimum absolute atomic E-state index is 0.0159. The number of nitrogens with zero attached hydrogens (tertiary/aromatic N) is 5. The Kier molecular flexibility index (Phi) is 6.24. The van der Waals surface area contributed by atoms with Crippen molar-refractivity contribution in [2.24, 2.45) is 0 Å². The maximum absolute atomic E-state index is 11.9. The number of hydrogen-bond acceptors (Lipinski definition) is 8. The van der Waals surface area contributed by atoms with E-state index in [1.165, 1.54) is 4.90 Å². The number of imide groups is 1. The first kappa shape index (κ1) is 23.7. The second-order valence-corrected chi connectivity index (χ2v) is 9.55. The summed E-state index contributed by atoms with van der Waals surface area (Å²) < 4.78 is 7.41. The maximum Gasteiger partial charge on any atom is 0.329 e. The van der Waals surface area contributed by atoms with E-state index in [1.54, 1.807) is 25.6 Å². The van der Waals surface area contributed by atoms with Gasteiger partial charge in [-0.05, 0) is 61.2 Å². The third-order valence-corrected chi connectivity index (χ3v) is 6.97. The van der Waals surface area contributed by atoms with Crippen LogP contribution in [0.4, 0.5) is 22.2 Å². The molecule has 1 aliphatic carbocycles. The number of carbonyl (C=O) groups is 2. The first-order valence-corrected chi connectivity index (χ1v) is 12.6. The largest absolute Gasteiger partial charge is 0.497 e. The minimum Gasteiger partial charge on any atom is -0.497 e. The Labute approximate surface area is 219 Å². The van der Waals surface area contributed by atoms with E-state index >= 15 is 0 Å². The van der Waals surface area contributed by atoms with E-state index in [1.807, 2.05) is 30.3 Å². The van der Waals surface area contributed by atoms with Crippen LogP contribution in [-0.4, -0.2) is 57.2 Å². The number of fused-ring (bicyclic) bond motifs is 1. The standard InChI is InChI=1S/C27H28N8O3/c1-38-21-9-4-17(5-10-21)15-35-25-22(3-2-12-28-25)32-26(35)31-19-7-6-18(13-19)30-23-11-8-20(14-29-23)34-16-24(36)33-27(34)37/h2-5,8-12,14,18-19H,6-7,13,15-16H2,1H3,(H,29,30)(H,31,32)(H,33,36,37)/t18-,19-/m0/s1. The monoisotopic (exact) mass is 512 g/mol. The highest BCUT2D eigenvalue weighted by atomic mass is 16.5. The Bertz CT molecular complexity index is 1470. The summed E-state index contributed by atoms with van der Waals surface area (Å²) in [5, 5.41) is 9.43. The number of amides is 3. The molecule has 6 rings (SSSR count). The highest BCUT2D eigenvalue weighted by molar-refractivity contribution is 6.12. The van der Waals surface area contributed by atoms with Crippen LogP contribution in [0.25, 0.3) is 11.2 Å². The van der Waals surface area contributed by atoms with Crippen molar-refractivity contribution in [2.45, 2.75) is 37.9 Å². The molecule has 2 aliphatic rings. The van der Waals surface area contributed by atoms with Crippen molar-refractivity contribution in [3.63, 3.8) is 0 Å². The Hall–Kier alpha value is -4.67. The Balaban J connectivity index is 1.12. The number of urea groups is 1. The minimum atomic E-state index is -0.421. The summed E-state index contributed by atoms with van der Waals surface area (Å²) in [7, 11) is 1.66. The summed E-state index contributed by atoms with van der Waals surface area (Å²) >= 11 is 0. The van der Waals surface area contributed by atoms with Crippen LogP contribution in [-0.2, 0) is 11.3 Å². The number of imidazole rings is 1. The average molecular weight is 513 g/mol. The molecule has 2 atom stereocenters. The van der Waals surface area contributed by atoms with Gasteiger partial charge in [0.2, 0.25) is 11.9 Å². The molecular weight excluding hydrogens is 484 g/mol. The molecule has 1 aliphatic heterocycles. The van der Waals surface area contributed by atoms with E-state index in [9.17, 15) is 9.59 Å². The van der Waals surface area contributed by atoms with E-state index in [4.69, 9.17) is 9.72 Å². The van der Waals surface area contributed by atoms with Crippen LogP contribution >= 0.6 is 0 Å². The predicted octanol–water partition coefficient (Wildman–Crippen LogP) is 3.38. The number of carbonyl (C=O) groups excluding carboxylic acids is 2. The van der Waals surface area contributed by atoms with E-state index in [0.717, 1.165) is 53.5 Å². The van der Waals surface area contributed by atoms with Gasteiger partial charge in [-0.3, -0.25) is 19.6 Å². The van der Waals surface area contributed by atoms with Crippen LogP contribution in [0.3, 0.4) is 0 Å². The summed E-state index contributed by atoms with van der Waals surface area (Å²) in [5.41, 5.74) is 3.43. The van der Waals surface area contributed by atoms with E-state index in [2.05, 4.69) is 42.6 Å². The summed E-state index contributed by atoms with van der Waals surface area (Å²) in [5.74, 6) is 2.06. The molecule has 4 heterocycles. The van der Waals surface area contributed by atoms with Gasteiger partial charge in [0.05, 0.1) is 25.5 Å². The van der Waals surface area contributed by atoms with Crippen LogP contribution in [0.1, 0.15) is 24.8 Å². The third-order valence-electron chi connectivity index (χ3n) is 6.97. The number of aromatic nitrogens is 4. The van der Waals surface area contributed by atoms with Crippen molar-refractivity contribution in [3.05, 3.63) is 66.5 Å². The lowest BCUT2D eigenvalue weighted by Crippen LogP contribution is -2.28. The van der Waals surface area contributed by atoms with Gasteiger partial charge in [0.1, 0.15) is 23.6 Å². The summed E-state index contributed by atoms with van der Waals surface area (Å²) in [6.07, 6.45) is 6.29. The lowest BCUT2D eigenvalue weighted by atomic mass is 10.2. The maximum atomic E-state index is 11.9. The molecule has 11 nitrogen and oxygen atoms in total. The van der Waals surface area contributed by atoms with E-state index in [-0.39, 0.29) is 24.5 Å². The van der Waals surface area contributed by atoms with Crippen molar-refractivity contribution in [1.29, 1.82) is 0 Å². The van der Waals surface area contributed by atoms with Gasteiger partial charge < -0.3 is 15.4 Å². The Morgan fingerprint density at radius 2 is 1.84 bits per heavy atom. The summed E-state index contributed by atoms with van der Waals surface area (Å²) in [4.78, 5) is 38.6. The molecule has 0 unspecified atom stereocenters. The van der Waals surface area contributed by atoms with Crippen molar-refractivity contribution >= 4 is 40.6 Å². The summed E-state index contributed by atoms with van der Waals surface area (Å²) in [6.45, 7) is 0.660. The van der Waals surface area contributed by atoms with Gasteiger partial charge >= 0.3 is 6.03 Å². The predicted molar refractivity (Wildman–Crippen MR) is 143 cm³/mol. The number of pyridine rings is 2. The Morgan fingerprint density at radius 3 is 2.55 bits per heavy atom. The smallest absolute Gasteiger partial charge is 0.329 e. The fourth-order valence-electron chi connectivity index (χ4n) is 5.05. The first-order chi connectivity index (χ1) is 18.6. The molecule has 1 saturated carbocycles. The molecule has 3 N–H and O–H groups in total. The van der Waals surface area contributed by atoms with Gasteiger partial charge in [0.25, 0.3) is 0 Å². The van der Waals surface area contributed by atoms with E-state index in [0.29, 0.717) is 12.2 Å². The molecule has 3 aromatic heterocycles. The van der Waals surface area contributed by atoms with Crippen molar-refractivity contribution in [2.75, 3.05) is 29.2 Å². The second-order valence-electron chi connectivity index (χ2n) is 9.55. The van der Waals surface area contributed by atoms with Gasteiger partial charge in [-0.25, -0.2) is 19.7 Å². The molecule has 194 valence electrons. The first-order valence-electron chi connectivity index (χ1n) is 12.6. The van der Waals surface area contributed by atoms with Crippen LogP contribution in [0.15, 0.2) is 60.9 Å². The molecule has 1 saturated heterocycles. The molecule has 4 aromatic rings. The number of anilines is 3. The zero-order valence-corrected chi connectivity index (χ0v) is 20.9. The topological polar surface area (TPSA) is 126 Å². The lowest BCUT2D eigenvalue weighted by molar-refractivity contribution is -0.117. The third kappa shape index (κ3) is 4.82. The zero-order valence-electron chi connectivity index (χ0n) is 20.9. The number of ether oxygens (including phenoxy) is 1. The molecule has 38 heavy (non-hydrogen) atoms. The van der Waals surface area contributed by atoms with Crippen LogP contribution in [0, 0.1) is 0 Å². The van der Waals surface area contributed by atoms with Crippen molar-refractivity contribution < 1.29 is 14.3 Å². The molecule has 3 amide bonds. The molecule has 1 aromatic carbocycles. The molecule has 2 fully saturated rings.